The van der Waals surface area contributed by atoms with Crippen LogP contribution in [0.25, 0.3) is 0 Å². The molecule has 0 spiro atoms. The molecule has 0 radical (unpaired) electrons. The summed E-state index contributed by atoms with van der Waals surface area (Å²) in [4.78, 5) is 25.6. The number of halogens is 2. The zero-order valence-corrected chi connectivity index (χ0v) is 16.1. The summed E-state index contributed by atoms with van der Waals surface area (Å²) in [7, 11) is 0. The lowest BCUT2D eigenvalue weighted by atomic mass is 9.99. The highest BCUT2D eigenvalue weighted by Crippen LogP contribution is 2.48. The van der Waals surface area contributed by atoms with E-state index in [2.05, 4.69) is 24.5 Å². The molecule has 2 amide bonds. The Morgan fingerprint density at radius 3 is 2.08 bits per heavy atom. The van der Waals surface area contributed by atoms with Crippen LogP contribution in [0.4, 0.5) is 11.4 Å². The fourth-order valence-electron chi connectivity index (χ4n) is 2.89. The first-order chi connectivity index (χ1) is 12.3. The second-order valence-electron chi connectivity index (χ2n) is 6.83. The van der Waals surface area contributed by atoms with E-state index in [1.165, 1.54) is 0 Å². The molecular formula is C20H20Cl2N2O2. The number of amides is 2. The second kappa shape index (κ2) is 7.29. The van der Waals surface area contributed by atoms with Crippen LogP contribution in [0.2, 0.25) is 10.0 Å². The smallest absolute Gasteiger partial charge is 0.240 e. The molecule has 0 aromatic heterocycles. The number of hydrogen-bond acceptors (Lipinski definition) is 2. The molecule has 1 aliphatic rings. The van der Waals surface area contributed by atoms with Gasteiger partial charge in [-0.3, -0.25) is 9.59 Å². The van der Waals surface area contributed by atoms with E-state index in [1.54, 1.807) is 18.2 Å². The van der Waals surface area contributed by atoms with Gasteiger partial charge in [0.05, 0.1) is 15.7 Å². The van der Waals surface area contributed by atoms with Crippen molar-refractivity contribution in [2.75, 3.05) is 10.6 Å². The van der Waals surface area contributed by atoms with Crippen LogP contribution in [0.5, 0.6) is 0 Å². The van der Waals surface area contributed by atoms with Gasteiger partial charge >= 0.3 is 0 Å². The van der Waals surface area contributed by atoms with Crippen LogP contribution in [0.3, 0.4) is 0 Å². The van der Waals surface area contributed by atoms with Gasteiger partial charge in [0, 0.05) is 5.69 Å². The van der Waals surface area contributed by atoms with Gasteiger partial charge in [0.25, 0.3) is 0 Å². The van der Waals surface area contributed by atoms with Crippen molar-refractivity contribution >= 4 is 46.4 Å². The number of carbonyl (C=O) groups is 2. The topological polar surface area (TPSA) is 58.2 Å². The van der Waals surface area contributed by atoms with Crippen molar-refractivity contribution in [1.29, 1.82) is 0 Å². The molecule has 6 heteroatoms. The predicted molar refractivity (Wildman–Crippen MR) is 106 cm³/mol. The van der Waals surface area contributed by atoms with Gasteiger partial charge in [-0.05, 0) is 42.5 Å². The monoisotopic (exact) mass is 390 g/mol. The van der Waals surface area contributed by atoms with Crippen molar-refractivity contribution in [3.63, 3.8) is 0 Å². The van der Waals surface area contributed by atoms with Crippen LogP contribution in [0, 0.1) is 5.41 Å². The molecule has 4 nitrogen and oxygen atoms in total. The standard InChI is InChI=1S/C20H20Cl2N2O2/c1-12(2)13-6-3-4-9-16(13)23-18(25)20(10-11-20)19(26)24-17-14(21)7-5-8-15(17)22/h3-9,12H,10-11H2,1-2H3,(H,23,25)(H,24,26). The molecule has 136 valence electrons. The number of para-hydroxylation sites is 2. The first-order valence-corrected chi connectivity index (χ1v) is 9.26. The third-order valence-corrected chi connectivity index (χ3v) is 5.28. The third kappa shape index (κ3) is 3.57. The van der Waals surface area contributed by atoms with E-state index in [0.717, 1.165) is 11.3 Å². The lowest BCUT2D eigenvalue weighted by Gasteiger charge is -2.19. The van der Waals surface area contributed by atoms with Gasteiger partial charge in [-0.25, -0.2) is 0 Å². The Labute approximate surface area is 162 Å². The number of anilines is 2. The average Bonchev–Trinajstić information content (AvgIpc) is 3.40. The quantitative estimate of drug-likeness (QED) is 0.664. The van der Waals surface area contributed by atoms with Crippen molar-refractivity contribution in [2.45, 2.75) is 32.6 Å². The van der Waals surface area contributed by atoms with Crippen molar-refractivity contribution in [1.82, 2.24) is 0 Å². The number of carbonyl (C=O) groups excluding carboxylic acids is 2. The van der Waals surface area contributed by atoms with E-state index < -0.39 is 5.41 Å². The summed E-state index contributed by atoms with van der Waals surface area (Å²) >= 11 is 12.2. The molecule has 1 aliphatic carbocycles. The maximum Gasteiger partial charge on any atom is 0.240 e. The Morgan fingerprint density at radius 2 is 1.50 bits per heavy atom. The molecule has 1 fully saturated rings. The van der Waals surface area contributed by atoms with Crippen LogP contribution in [-0.2, 0) is 9.59 Å². The molecule has 0 bridgehead atoms. The van der Waals surface area contributed by atoms with Crippen molar-refractivity contribution in [3.05, 3.63) is 58.1 Å². The van der Waals surface area contributed by atoms with Gasteiger partial charge < -0.3 is 10.6 Å². The molecule has 3 rings (SSSR count). The van der Waals surface area contributed by atoms with E-state index in [1.807, 2.05) is 24.3 Å². The summed E-state index contributed by atoms with van der Waals surface area (Å²) < 4.78 is 0. The maximum absolute atomic E-state index is 12.8. The maximum atomic E-state index is 12.8. The molecular weight excluding hydrogens is 371 g/mol. The summed E-state index contributed by atoms with van der Waals surface area (Å²) in [6, 6.07) is 12.6. The van der Waals surface area contributed by atoms with Gasteiger partial charge in [0.2, 0.25) is 11.8 Å². The Morgan fingerprint density at radius 1 is 0.923 bits per heavy atom. The Bertz CT molecular complexity index is 840. The van der Waals surface area contributed by atoms with Crippen LogP contribution >= 0.6 is 23.2 Å². The zero-order valence-electron chi connectivity index (χ0n) is 14.6. The van der Waals surface area contributed by atoms with E-state index in [4.69, 9.17) is 23.2 Å². The van der Waals surface area contributed by atoms with Gasteiger partial charge in [0.15, 0.2) is 0 Å². The molecule has 0 unspecified atom stereocenters. The molecule has 0 saturated heterocycles. The predicted octanol–water partition coefficient (Wildman–Crippen LogP) is 5.47. The van der Waals surface area contributed by atoms with Gasteiger partial charge in [-0.15, -0.1) is 0 Å². The SMILES string of the molecule is CC(C)c1ccccc1NC(=O)C1(C(=O)Nc2c(Cl)cccc2Cl)CC1. The largest absolute Gasteiger partial charge is 0.325 e. The van der Waals surface area contributed by atoms with Crippen molar-refractivity contribution in [2.24, 2.45) is 5.41 Å². The molecule has 0 heterocycles. The molecule has 26 heavy (non-hydrogen) atoms. The van der Waals surface area contributed by atoms with Crippen molar-refractivity contribution < 1.29 is 9.59 Å². The molecule has 0 aliphatic heterocycles. The van der Waals surface area contributed by atoms with Crippen LogP contribution in [0.1, 0.15) is 38.2 Å². The average molecular weight is 391 g/mol. The minimum Gasteiger partial charge on any atom is -0.325 e. The summed E-state index contributed by atoms with van der Waals surface area (Å²) in [5.74, 6) is -0.421. The highest BCUT2D eigenvalue weighted by molar-refractivity contribution is 6.40. The number of rotatable bonds is 5. The second-order valence-corrected chi connectivity index (χ2v) is 7.64. The normalized spacial score (nSPS) is 14.8. The summed E-state index contributed by atoms with van der Waals surface area (Å²) in [5.41, 5.74) is 1.03. The lowest BCUT2D eigenvalue weighted by Crippen LogP contribution is -2.36. The summed E-state index contributed by atoms with van der Waals surface area (Å²) in [5, 5.41) is 6.33. The van der Waals surface area contributed by atoms with Gasteiger partial charge in [0.1, 0.15) is 5.41 Å². The third-order valence-electron chi connectivity index (χ3n) is 4.65. The van der Waals surface area contributed by atoms with E-state index in [0.29, 0.717) is 28.6 Å². The molecule has 2 aromatic rings. The first kappa shape index (κ1) is 18.7. The zero-order chi connectivity index (χ0) is 18.9. The van der Waals surface area contributed by atoms with Gasteiger partial charge in [-0.1, -0.05) is 61.3 Å². The van der Waals surface area contributed by atoms with Gasteiger partial charge in [-0.2, -0.15) is 0 Å². The summed E-state index contributed by atoms with van der Waals surface area (Å²) in [6.45, 7) is 4.12. The number of benzene rings is 2. The first-order valence-electron chi connectivity index (χ1n) is 8.51. The van der Waals surface area contributed by atoms with Crippen molar-refractivity contribution in [3.8, 4) is 0 Å². The van der Waals surface area contributed by atoms with Crippen LogP contribution in [-0.4, -0.2) is 11.8 Å². The minimum absolute atomic E-state index is 0.261. The Balaban J connectivity index is 1.78. The van der Waals surface area contributed by atoms with Crippen LogP contribution in [0.15, 0.2) is 42.5 Å². The van der Waals surface area contributed by atoms with E-state index in [9.17, 15) is 9.59 Å². The van der Waals surface area contributed by atoms with E-state index >= 15 is 0 Å². The Hall–Kier alpha value is -2.04. The van der Waals surface area contributed by atoms with E-state index in [-0.39, 0.29) is 17.7 Å². The Kier molecular flexibility index (Phi) is 5.26. The summed E-state index contributed by atoms with van der Waals surface area (Å²) in [6.07, 6.45) is 0.993. The fourth-order valence-corrected chi connectivity index (χ4v) is 3.38. The molecule has 2 aromatic carbocycles. The lowest BCUT2D eigenvalue weighted by molar-refractivity contribution is -0.131. The molecule has 0 atom stereocenters. The number of nitrogens with one attached hydrogen (secondary N) is 2. The molecule has 2 N–H and O–H groups in total. The highest BCUT2D eigenvalue weighted by Gasteiger charge is 2.56. The minimum atomic E-state index is -1.08. The highest BCUT2D eigenvalue weighted by atomic mass is 35.5. The number of hydrogen-bond donors (Lipinski definition) is 2. The van der Waals surface area contributed by atoms with Crippen LogP contribution < -0.4 is 10.6 Å². The molecule has 1 saturated carbocycles. The fraction of sp³-hybridized carbons (Fsp3) is 0.300.